The van der Waals surface area contributed by atoms with E-state index in [1.165, 1.54) is 11.1 Å². The Bertz CT molecular complexity index is 543. The van der Waals surface area contributed by atoms with Gasteiger partial charge in [-0.25, -0.2) is 0 Å². The number of nitrogens with zero attached hydrogens (tertiary/aromatic N) is 1. The maximum absolute atomic E-state index is 12.2. The maximum Gasteiger partial charge on any atom is 0.260 e. The fraction of sp³-hybridized carbons (Fsp3) is 0.588. The molecule has 4 nitrogen and oxygen atoms in total. The molecule has 0 aromatic heterocycles. The average Bonchev–Trinajstić information content (AvgIpc) is 3.02. The number of amides is 1. The van der Waals surface area contributed by atoms with Crippen LogP contribution in [0, 0.1) is 25.7 Å². The Balaban J connectivity index is 1.54. The number of likely N-dealkylation sites (tertiary alicyclic amines) is 1. The Kier molecular flexibility index (Phi) is 3.89. The molecule has 0 spiro atoms. The van der Waals surface area contributed by atoms with Crippen LogP contribution >= 0.6 is 0 Å². The first-order valence-corrected chi connectivity index (χ1v) is 7.70. The molecule has 3 unspecified atom stereocenters. The fourth-order valence-electron chi connectivity index (χ4n) is 3.48. The second-order valence-electron chi connectivity index (χ2n) is 6.40. The highest BCUT2D eigenvalue weighted by molar-refractivity contribution is 5.78. The summed E-state index contributed by atoms with van der Waals surface area (Å²) in [5, 5.41) is 9.89. The van der Waals surface area contributed by atoms with Crippen molar-refractivity contribution in [2.75, 3.05) is 19.7 Å². The van der Waals surface area contributed by atoms with Crippen LogP contribution in [0.15, 0.2) is 18.2 Å². The van der Waals surface area contributed by atoms with Crippen LogP contribution < -0.4 is 4.74 Å². The van der Waals surface area contributed by atoms with Crippen LogP contribution in [0.25, 0.3) is 0 Å². The van der Waals surface area contributed by atoms with Gasteiger partial charge in [-0.2, -0.15) is 0 Å². The van der Waals surface area contributed by atoms with E-state index in [-0.39, 0.29) is 24.5 Å². The van der Waals surface area contributed by atoms with Gasteiger partial charge in [0.05, 0.1) is 6.10 Å². The third-order valence-corrected chi connectivity index (χ3v) is 5.01. The maximum atomic E-state index is 12.2. The van der Waals surface area contributed by atoms with Crippen LogP contribution in [0.5, 0.6) is 5.75 Å². The predicted molar refractivity (Wildman–Crippen MR) is 80.2 cm³/mol. The topological polar surface area (TPSA) is 49.8 Å². The normalized spacial score (nSPS) is 27.8. The second kappa shape index (κ2) is 5.68. The van der Waals surface area contributed by atoms with Gasteiger partial charge in [-0.1, -0.05) is 6.07 Å². The SMILES string of the molecule is Cc1ccc(OCC(=O)N2CC3CCC(O)C3C2)cc1C. The van der Waals surface area contributed by atoms with E-state index in [1.807, 2.05) is 30.0 Å². The van der Waals surface area contributed by atoms with E-state index in [0.717, 1.165) is 25.1 Å². The molecule has 1 aliphatic carbocycles. The van der Waals surface area contributed by atoms with Gasteiger partial charge in [-0.15, -0.1) is 0 Å². The molecule has 1 aromatic carbocycles. The summed E-state index contributed by atoms with van der Waals surface area (Å²) >= 11 is 0. The predicted octanol–water partition coefficient (Wildman–Crippen LogP) is 1.91. The van der Waals surface area contributed by atoms with Crippen molar-refractivity contribution in [1.82, 2.24) is 4.90 Å². The number of rotatable bonds is 3. The standard InChI is InChI=1S/C17H23NO3/c1-11-3-5-14(7-12(11)2)21-10-17(20)18-8-13-4-6-16(19)15(13)9-18/h3,5,7,13,15-16,19H,4,6,8-10H2,1-2H3. The summed E-state index contributed by atoms with van der Waals surface area (Å²) in [6.45, 7) is 5.63. The Morgan fingerprint density at radius 3 is 2.81 bits per heavy atom. The third kappa shape index (κ3) is 2.91. The first-order chi connectivity index (χ1) is 10.0. The van der Waals surface area contributed by atoms with Crippen molar-refractivity contribution in [3.05, 3.63) is 29.3 Å². The molecular weight excluding hydrogens is 266 g/mol. The van der Waals surface area contributed by atoms with Crippen molar-refractivity contribution in [3.63, 3.8) is 0 Å². The number of aryl methyl sites for hydroxylation is 2. The molecule has 1 amide bonds. The molecule has 3 atom stereocenters. The van der Waals surface area contributed by atoms with E-state index in [2.05, 4.69) is 6.92 Å². The number of hydrogen-bond acceptors (Lipinski definition) is 3. The first kappa shape index (κ1) is 14.4. The molecule has 2 aliphatic rings. The minimum Gasteiger partial charge on any atom is -0.484 e. The highest BCUT2D eigenvalue weighted by atomic mass is 16.5. The van der Waals surface area contributed by atoms with Crippen LogP contribution in [0.2, 0.25) is 0 Å². The minimum absolute atomic E-state index is 0.0230. The molecular formula is C17H23NO3. The van der Waals surface area contributed by atoms with Crippen LogP contribution in [0.3, 0.4) is 0 Å². The molecule has 21 heavy (non-hydrogen) atoms. The van der Waals surface area contributed by atoms with Crippen molar-refractivity contribution in [3.8, 4) is 5.75 Å². The highest BCUT2D eigenvalue weighted by Gasteiger charge is 2.43. The van der Waals surface area contributed by atoms with Gasteiger partial charge in [0, 0.05) is 19.0 Å². The summed E-state index contributed by atoms with van der Waals surface area (Å²) in [6.07, 6.45) is 1.69. The Hall–Kier alpha value is -1.55. The summed E-state index contributed by atoms with van der Waals surface area (Å²) in [5.41, 5.74) is 2.38. The smallest absolute Gasteiger partial charge is 0.260 e. The zero-order valence-corrected chi connectivity index (χ0v) is 12.7. The number of carbonyl (C=O) groups excluding carboxylic acids is 1. The van der Waals surface area contributed by atoms with Crippen LogP contribution in [-0.4, -0.2) is 41.7 Å². The monoisotopic (exact) mass is 289 g/mol. The lowest BCUT2D eigenvalue weighted by molar-refractivity contribution is -0.132. The van der Waals surface area contributed by atoms with Crippen molar-refractivity contribution in [2.45, 2.75) is 32.8 Å². The molecule has 4 heteroatoms. The van der Waals surface area contributed by atoms with Gasteiger partial charge in [0.1, 0.15) is 5.75 Å². The zero-order valence-electron chi connectivity index (χ0n) is 12.7. The fourth-order valence-corrected chi connectivity index (χ4v) is 3.48. The number of hydrogen-bond donors (Lipinski definition) is 1. The molecule has 114 valence electrons. The molecule has 0 radical (unpaired) electrons. The molecule has 1 heterocycles. The number of carbonyl (C=O) groups is 1. The lowest BCUT2D eigenvalue weighted by atomic mass is 10.00. The average molecular weight is 289 g/mol. The number of benzene rings is 1. The van der Waals surface area contributed by atoms with E-state index >= 15 is 0 Å². The van der Waals surface area contributed by atoms with Gasteiger partial charge in [-0.05, 0) is 55.9 Å². The van der Waals surface area contributed by atoms with Crippen molar-refractivity contribution in [1.29, 1.82) is 0 Å². The Morgan fingerprint density at radius 2 is 2.10 bits per heavy atom. The summed E-state index contributed by atoms with van der Waals surface area (Å²) in [7, 11) is 0. The summed E-state index contributed by atoms with van der Waals surface area (Å²) < 4.78 is 5.61. The second-order valence-corrected chi connectivity index (χ2v) is 6.40. The molecule has 2 fully saturated rings. The molecule has 3 rings (SSSR count). The molecule has 1 aromatic rings. The van der Waals surface area contributed by atoms with Gasteiger partial charge in [-0.3, -0.25) is 4.79 Å². The van der Waals surface area contributed by atoms with Crippen molar-refractivity contribution < 1.29 is 14.6 Å². The quantitative estimate of drug-likeness (QED) is 0.925. The number of ether oxygens (including phenoxy) is 1. The van der Waals surface area contributed by atoms with Gasteiger partial charge in [0.25, 0.3) is 5.91 Å². The van der Waals surface area contributed by atoms with Crippen LogP contribution in [0.4, 0.5) is 0 Å². The molecule has 1 N–H and O–H groups in total. The largest absolute Gasteiger partial charge is 0.484 e. The molecule has 1 saturated heterocycles. The number of aliphatic hydroxyl groups is 1. The summed E-state index contributed by atoms with van der Waals surface area (Å²) in [6, 6.07) is 5.87. The highest BCUT2D eigenvalue weighted by Crippen LogP contribution is 2.38. The van der Waals surface area contributed by atoms with E-state index < -0.39 is 0 Å². The Labute approximate surface area is 125 Å². The van der Waals surface area contributed by atoms with E-state index in [1.54, 1.807) is 0 Å². The van der Waals surface area contributed by atoms with E-state index in [4.69, 9.17) is 4.74 Å². The first-order valence-electron chi connectivity index (χ1n) is 7.70. The van der Waals surface area contributed by atoms with E-state index in [0.29, 0.717) is 12.5 Å². The lowest BCUT2D eigenvalue weighted by Gasteiger charge is -2.18. The van der Waals surface area contributed by atoms with Crippen molar-refractivity contribution >= 4 is 5.91 Å². The van der Waals surface area contributed by atoms with E-state index in [9.17, 15) is 9.90 Å². The summed E-state index contributed by atoms with van der Waals surface area (Å²) in [4.78, 5) is 14.1. The van der Waals surface area contributed by atoms with Gasteiger partial charge in [0.15, 0.2) is 6.61 Å². The third-order valence-electron chi connectivity index (χ3n) is 5.01. The Morgan fingerprint density at radius 1 is 1.29 bits per heavy atom. The minimum atomic E-state index is -0.228. The molecule has 1 aliphatic heterocycles. The van der Waals surface area contributed by atoms with Gasteiger partial charge >= 0.3 is 0 Å². The molecule has 1 saturated carbocycles. The van der Waals surface area contributed by atoms with Crippen LogP contribution in [0.1, 0.15) is 24.0 Å². The van der Waals surface area contributed by atoms with Crippen molar-refractivity contribution in [2.24, 2.45) is 11.8 Å². The number of aliphatic hydroxyl groups excluding tert-OH is 1. The lowest BCUT2D eigenvalue weighted by Crippen LogP contribution is -2.34. The van der Waals surface area contributed by atoms with Gasteiger partial charge in [0.2, 0.25) is 0 Å². The van der Waals surface area contributed by atoms with Crippen LogP contribution in [-0.2, 0) is 4.79 Å². The summed E-state index contributed by atoms with van der Waals surface area (Å²) in [5.74, 6) is 1.52. The number of fused-ring (bicyclic) bond motifs is 1. The van der Waals surface area contributed by atoms with Gasteiger partial charge < -0.3 is 14.7 Å². The zero-order chi connectivity index (χ0) is 15.0. The molecule has 0 bridgehead atoms.